The largest absolute Gasteiger partial charge is 0.379 e. The van der Waals surface area contributed by atoms with Crippen LogP contribution >= 0.6 is 11.3 Å². The Labute approximate surface area is 153 Å². The zero-order valence-electron chi connectivity index (χ0n) is 15.0. The number of morpholine rings is 1. The molecular formula is C19H25N3O2S. The predicted molar refractivity (Wildman–Crippen MR) is 100 cm³/mol. The van der Waals surface area contributed by atoms with Crippen molar-refractivity contribution in [3.8, 4) is 0 Å². The molecule has 2 heterocycles. The summed E-state index contributed by atoms with van der Waals surface area (Å²) in [5.74, 6) is -0.00368. The molecule has 0 spiro atoms. The first-order valence-corrected chi connectivity index (χ1v) is 9.52. The lowest BCUT2D eigenvalue weighted by molar-refractivity contribution is 0.0167. The Morgan fingerprint density at radius 2 is 1.96 bits per heavy atom. The molecule has 1 unspecified atom stereocenters. The van der Waals surface area contributed by atoms with E-state index in [0.717, 1.165) is 48.7 Å². The van der Waals surface area contributed by atoms with Gasteiger partial charge in [0, 0.05) is 30.1 Å². The van der Waals surface area contributed by atoms with E-state index in [1.165, 1.54) is 4.88 Å². The van der Waals surface area contributed by atoms with E-state index < -0.39 is 0 Å². The molecule has 5 nitrogen and oxygen atoms in total. The van der Waals surface area contributed by atoms with E-state index in [1.807, 2.05) is 44.5 Å². The molecule has 1 amide bonds. The molecule has 0 bridgehead atoms. The number of hydrogen-bond acceptors (Lipinski definition) is 5. The van der Waals surface area contributed by atoms with Crippen LogP contribution in [0.2, 0.25) is 0 Å². The summed E-state index contributed by atoms with van der Waals surface area (Å²) in [5, 5.41) is 3.15. The Hall–Kier alpha value is -1.76. The zero-order chi connectivity index (χ0) is 17.8. The minimum Gasteiger partial charge on any atom is -0.379 e. The third-order valence-corrected chi connectivity index (χ3v) is 5.77. The number of carbonyl (C=O) groups excluding carboxylic acids is 1. The number of nitrogens with one attached hydrogen (secondary N) is 1. The summed E-state index contributed by atoms with van der Waals surface area (Å²) >= 11 is 1.66. The van der Waals surface area contributed by atoms with Crippen molar-refractivity contribution < 1.29 is 9.53 Å². The molecule has 0 radical (unpaired) electrons. The van der Waals surface area contributed by atoms with Gasteiger partial charge in [-0.2, -0.15) is 0 Å². The van der Waals surface area contributed by atoms with Crippen LogP contribution in [-0.4, -0.2) is 48.6 Å². The third-order valence-electron chi connectivity index (χ3n) is 4.74. The van der Waals surface area contributed by atoms with Crippen molar-refractivity contribution in [3.63, 3.8) is 0 Å². The fourth-order valence-electron chi connectivity index (χ4n) is 3.36. The van der Waals surface area contributed by atoms with Crippen molar-refractivity contribution in [1.82, 2.24) is 15.2 Å². The first-order chi connectivity index (χ1) is 12.1. The van der Waals surface area contributed by atoms with Crippen molar-refractivity contribution in [2.75, 3.05) is 32.8 Å². The highest BCUT2D eigenvalue weighted by atomic mass is 32.1. The van der Waals surface area contributed by atoms with E-state index in [2.05, 4.69) is 15.2 Å². The summed E-state index contributed by atoms with van der Waals surface area (Å²) in [6.07, 6.45) is 0. The number of aryl methyl sites for hydroxylation is 3. The van der Waals surface area contributed by atoms with Crippen molar-refractivity contribution in [3.05, 3.63) is 51.0 Å². The van der Waals surface area contributed by atoms with Gasteiger partial charge in [-0.3, -0.25) is 9.69 Å². The number of benzene rings is 1. The molecule has 2 aromatic rings. The first kappa shape index (κ1) is 18.0. The van der Waals surface area contributed by atoms with Crippen LogP contribution in [0.25, 0.3) is 0 Å². The van der Waals surface area contributed by atoms with E-state index >= 15 is 0 Å². The minimum absolute atomic E-state index is 0.00368. The zero-order valence-corrected chi connectivity index (χ0v) is 15.9. The standard InChI is InChI=1S/C19H25N3O2S/c1-13-5-4-6-14(2)17(13)19(23)20-11-16(18-15(3)21-12-25-18)22-7-9-24-10-8-22/h4-6,12,16H,7-11H2,1-3H3,(H,20,23). The highest BCUT2D eigenvalue weighted by molar-refractivity contribution is 7.09. The summed E-state index contributed by atoms with van der Waals surface area (Å²) < 4.78 is 5.48. The highest BCUT2D eigenvalue weighted by Gasteiger charge is 2.26. The Balaban J connectivity index is 1.76. The predicted octanol–water partition coefficient (Wildman–Crippen LogP) is 2.87. The van der Waals surface area contributed by atoms with Crippen LogP contribution in [0.3, 0.4) is 0 Å². The molecule has 1 fully saturated rings. The molecule has 1 N–H and O–H groups in total. The molecule has 0 aliphatic carbocycles. The second-order valence-electron chi connectivity index (χ2n) is 6.44. The molecule has 3 rings (SSSR count). The monoisotopic (exact) mass is 359 g/mol. The number of hydrogen-bond donors (Lipinski definition) is 1. The first-order valence-electron chi connectivity index (χ1n) is 8.64. The van der Waals surface area contributed by atoms with Crippen molar-refractivity contribution in [2.45, 2.75) is 26.8 Å². The number of ether oxygens (including phenoxy) is 1. The lowest BCUT2D eigenvalue weighted by Crippen LogP contribution is -2.44. The molecule has 1 aromatic carbocycles. The topological polar surface area (TPSA) is 54.5 Å². The van der Waals surface area contributed by atoms with E-state index in [-0.39, 0.29) is 11.9 Å². The normalized spacial score (nSPS) is 16.6. The van der Waals surface area contributed by atoms with E-state index in [0.29, 0.717) is 6.54 Å². The lowest BCUT2D eigenvalue weighted by Gasteiger charge is -2.34. The fourth-order valence-corrected chi connectivity index (χ4v) is 4.30. The molecule has 1 saturated heterocycles. The maximum Gasteiger partial charge on any atom is 0.251 e. The summed E-state index contributed by atoms with van der Waals surface area (Å²) in [6.45, 7) is 9.80. The molecule has 1 atom stereocenters. The smallest absolute Gasteiger partial charge is 0.251 e. The highest BCUT2D eigenvalue weighted by Crippen LogP contribution is 2.27. The summed E-state index contributed by atoms with van der Waals surface area (Å²) in [4.78, 5) is 20.8. The van der Waals surface area contributed by atoms with Gasteiger partial charge >= 0.3 is 0 Å². The summed E-state index contributed by atoms with van der Waals surface area (Å²) in [6, 6.07) is 6.09. The Bertz CT molecular complexity index is 718. The Morgan fingerprint density at radius 1 is 1.28 bits per heavy atom. The number of nitrogens with zero attached hydrogens (tertiary/aromatic N) is 2. The SMILES string of the molecule is Cc1cccc(C)c1C(=O)NCC(c1scnc1C)N1CCOCC1. The minimum atomic E-state index is -0.00368. The molecule has 1 aliphatic heterocycles. The van der Waals surface area contributed by atoms with E-state index in [4.69, 9.17) is 4.74 Å². The van der Waals surface area contributed by atoms with Gasteiger partial charge in [-0.25, -0.2) is 4.98 Å². The van der Waals surface area contributed by atoms with Gasteiger partial charge < -0.3 is 10.1 Å². The van der Waals surface area contributed by atoms with Crippen LogP contribution < -0.4 is 5.32 Å². The summed E-state index contributed by atoms with van der Waals surface area (Å²) in [7, 11) is 0. The van der Waals surface area contributed by atoms with Gasteiger partial charge in [0.15, 0.2) is 0 Å². The van der Waals surface area contributed by atoms with Crippen LogP contribution in [-0.2, 0) is 4.74 Å². The van der Waals surface area contributed by atoms with Gasteiger partial charge in [-0.05, 0) is 31.9 Å². The van der Waals surface area contributed by atoms with Gasteiger partial charge in [0.2, 0.25) is 0 Å². The van der Waals surface area contributed by atoms with Gasteiger partial charge in [0.1, 0.15) is 0 Å². The maximum absolute atomic E-state index is 12.8. The molecule has 134 valence electrons. The van der Waals surface area contributed by atoms with Crippen LogP contribution in [0.1, 0.15) is 38.1 Å². The van der Waals surface area contributed by atoms with Gasteiger partial charge in [-0.1, -0.05) is 18.2 Å². The number of rotatable bonds is 5. The average Bonchev–Trinajstić information content (AvgIpc) is 3.02. The van der Waals surface area contributed by atoms with E-state index in [9.17, 15) is 4.79 Å². The molecule has 0 saturated carbocycles. The van der Waals surface area contributed by atoms with Crippen LogP contribution in [0, 0.1) is 20.8 Å². The fraction of sp³-hybridized carbons (Fsp3) is 0.474. The van der Waals surface area contributed by atoms with Gasteiger partial charge in [0.05, 0.1) is 30.5 Å². The number of amides is 1. The van der Waals surface area contributed by atoms with Crippen molar-refractivity contribution in [1.29, 1.82) is 0 Å². The molecule has 25 heavy (non-hydrogen) atoms. The lowest BCUT2D eigenvalue weighted by atomic mass is 10.0. The molecule has 1 aliphatic rings. The Morgan fingerprint density at radius 3 is 2.56 bits per heavy atom. The van der Waals surface area contributed by atoms with Crippen LogP contribution in [0.15, 0.2) is 23.7 Å². The second-order valence-corrected chi connectivity index (χ2v) is 7.33. The van der Waals surface area contributed by atoms with Crippen molar-refractivity contribution >= 4 is 17.2 Å². The van der Waals surface area contributed by atoms with E-state index in [1.54, 1.807) is 11.3 Å². The summed E-state index contributed by atoms with van der Waals surface area (Å²) in [5.41, 5.74) is 5.72. The molecule has 6 heteroatoms. The van der Waals surface area contributed by atoms with Crippen molar-refractivity contribution in [2.24, 2.45) is 0 Å². The number of thiazole rings is 1. The Kier molecular flexibility index (Phi) is 5.83. The maximum atomic E-state index is 12.8. The average molecular weight is 359 g/mol. The number of carbonyl (C=O) groups is 1. The second kappa shape index (κ2) is 8.08. The third kappa shape index (κ3) is 4.08. The quantitative estimate of drug-likeness (QED) is 0.892. The van der Waals surface area contributed by atoms with Gasteiger partial charge in [0.25, 0.3) is 5.91 Å². The van der Waals surface area contributed by atoms with Gasteiger partial charge in [-0.15, -0.1) is 11.3 Å². The van der Waals surface area contributed by atoms with Crippen LogP contribution in [0.5, 0.6) is 0 Å². The molecule has 1 aromatic heterocycles. The molecular weight excluding hydrogens is 334 g/mol. The number of aromatic nitrogens is 1. The van der Waals surface area contributed by atoms with Crippen LogP contribution in [0.4, 0.5) is 0 Å².